The van der Waals surface area contributed by atoms with Crippen LogP contribution in [0.5, 0.6) is 5.75 Å². The van der Waals surface area contributed by atoms with Gasteiger partial charge in [-0.3, -0.25) is 19.7 Å². The third-order valence-corrected chi connectivity index (χ3v) is 7.29. The van der Waals surface area contributed by atoms with Crippen molar-refractivity contribution in [1.82, 2.24) is 14.9 Å². The normalized spacial score (nSPS) is 19.1. The molecule has 12 heteroatoms. The zero-order valence-electron chi connectivity index (χ0n) is 18.8. The lowest BCUT2D eigenvalue weighted by atomic mass is 10.0. The molecule has 4 rings (SSSR count). The smallest absolute Gasteiger partial charge is 0.337 e. The van der Waals surface area contributed by atoms with E-state index in [1.807, 2.05) is 0 Å². The Morgan fingerprint density at radius 3 is 2.74 bits per heavy atom. The molecule has 0 aromatic heterocycles. The van der Waals surface area contributed by atoms with Crippen molar-refractivity contribution in [2.75, 3.05) is 20.3 Å². The van der Waals surface area contributed by atoms with Gasteiger partial charge in [0.25, 0.3) is 5.91 Å². The third-order valence-electron chi connectivity index (χ3n) is 5.75. The lowest BCUT2D eigenvalue weighted by Crippen LogP contribution is -2.52. The highest BCUT2D eigenvalue weighted by Gasteiger charge is 2.42. The first-order chi connectivity index (χ1) is 16.7. The van der Waals surface area contributed by atoms with Crippen molar-refractivity contribution in [3.8, 4) is 5.75 Å². The van der Waals surface area contributed by atoms with Gasteiger partial charge >= 0.3 is 5.97 Å². The average molecular weight is 502 g/mol. The number of carbonyl (C=O) groups excluding carboxylic acids is 4. The molecule has 11 nitrogen and oxygen atoms in total. The quantitative estimate of drug-likeness (QED) is 0.233. The number of amides is 3. The maximum Gasteiger partial charge on any atom is 0.337 e. The molecule has 0 saturated carbocycles. The van der Waals surface area contributed by atoms with E-state index in [-0.39, 0.29) is 43.0 Å². The van der Waals surface area contributed by atoms with Crippen molar-refractivity contribution in [3.63, 3.8) is 0 Å². The molecular weight excluding hydrogens is 478 g/mol. The van der Waals surface area contributed by atoms with Crippen LogP contribution in [0.3, 0.4) is 0 Å². The number of nitrogens with one attached hydrogen (secondary N) is 2. The number of imide groups is 1. The molecule has 2 aliphatic heterocycles. The molecule has 2 unspecified atom stereocenters. The fourth-order valence-corrected chi connectivity index (χ4v) is 5.33. The van der Waals surface area contributed by atoms with Gasteiger partial charge in [-0.2, -0.15) is 0 Å². The molecule has 2 atom stereocenters. The minimum Gasteiger partial charge on any atom is -0.593 e. The minimum absolute atomic E-state index is 0.0137. The van der Waals surface area contributed by atoms with Gasteiger partial charge in [-0.1, -0.05) is 16.3 Å². The fraction of sp³-hybridized carbons (Fsp3) is 0.304. The Kier molecular flexibility index (Phi) is 6.96. The summed E-state index contributed by atoms with van der Waals surface area (Å²) in [6.07, 6.45) is 0.283. The number of benzene rings is 2. The summed E-state index contributed by atoms with van der Waals surface area (Å²) in [5.41, 5.74) is 0.797. The average Bonchev–Trinajstić information content (AvgIpc) is 3.17. The molecule has 0 spiro atoms. The zero-order valence-corrected chi connectivity index (χ0v) is 19.6. The number of hydrogen-bond donors (Lipinski definition) is 2. The van der Waals surface area contributed by atoms with Crippen LogP contribution in [0, 0.1) is 0 Å². The van der Waals surface area contributed by atoms with Crippen molar-refractivity contribution >= 4 is 34.1 Å². The Morgan fingerprint density at radius 1 is 1.23 bits per heavy atom. The lowest BCUT2D eigenvalue weighted by molar-refractivity contribution is -0.136. The number of nitrogens with zero attached hydrogens (tertiary/aromatic N) is 1. The fourth-order valence-electron chi connectivity index (χ4n) is 4.06. The van der Waals surface area contributed by atoms with Crippen LogP contribution < -0.4 is 14.8 Å². The number of ether oxygens (including phenoxy) is 2. The Bertz CT molecular complexity index is 1250. The summed E-state index contributed by atoms with van der Waals surface area (Å²) in [7, 11) is -2.74. The van der Waals surface area contributed by atoms with E-state index in [1.54, 1.807) is 18.2 Å². The van der Waals surface area contributed by atoms with Crippen LogP contribution >= 0.6 is 0 Å². The molecule has 2 aliphatic rings. The van der Waals surface area contributed by atoms with Crippen molar-refractivity contribution in [2.24, 2.45) is 0 Å². The largest absolute Gasteiger partial charge is 0.593 e. The molecule has 1 fully saturated rings. The van der Waals surface area contributed by atoms with E-state index in [4.69, 9.17) is 4.74 Å². The number of esters is 1. The summed E-state index contributed by atoms with van der Waals surface area (Å²) in [5.74, 6) is -1.57. The van der Waals surface area contributed by atoms with E-state index in [0.717, 1.165) is 0 Å². The highest BCUT2D eigenvalue weighted by molar-refractivity contribution is 7.95. The van der Waals surface area contributed by atoms with Gasteiger partial charge in [0.2, 0.25) is 11.8 Å². The first kappa shape index (κ1) is 24.5. The van der Waals surface area contributed by atoms with E-state index < -0.39 is 40.1 Å². The van der Waals surface area contributed by atoms with E-state index in [9.17, 15) is 27.9 Å². The third kappa shape index (κ3) is 5.09. The summed E-state index contributed by atoms with van der Waals surface area (Å²) >= 11 is 0. The van der Waals surface area contributed by atoms with Gasteiger partial charge in [0, 0.05) is 17.5 Å². The van der Waals surface area contributed by atoms with Crippen LogP contribution in [0.15, 0.2) is 47.4 Å². The predicted molar refractivity (Wildman–Crippen MR) is 121 cm³/mol. The molecule has 2 heterocycles. The molecule has 2 aromatic carbocycles. The number of sulfonamides is 1. The standard InChI is InChI=1S/C23H23N3O8S/c1-33-23(30)14-4-2-5-15(12-14)34-11-10-24-35(31,32)19-7-3-6-16-17(19)13-26(22(16)29)18-8-9-20(27)25-21(18)28/h2-7,12,18H,8-11,13H2,1H3,(H2-,24,25,27,28,31,32). The van der Waals surface area contributed by atoms with Crippen LogP contribution in [0.2, 0.25) is 0 Å². The number of hydrogen-bond acceptors (Lipinski definition) is 8. The number of piperidine rings is 1. The van der Waals surface area contributed by atoms with Crippen molar-refractivity contribution in [1.29, 1.82) is 0 Å². The van der Waals surface area contributed by atoms with Crippen LogP contribution in [-0.4, -0.2) is 59.4 Å². The second-order valence-corrected chi connectivity index (χ2v) is 9.68. The lowest BCUT2D eigenvalue weighted by Gasteiger charge is -2.29. The van der Waals surface area contributed by atoms with Gasteiger partial charge in [-0.25, -0.2) is 4.79 Å². The second-order valence-electron chi connectivity index (χ2n) is 7.95. The van der Waals surface area contributed by atoms with E-state index >= 15 is 0 Å². The molecule has 1 saturated heterocycles. The SMILES string of the molecule is COC(=O)c1cccc(OCCN[S+](=O)([O-])c2cccc3c2CN(C2CCC(=O)NC2=O)C3=O)c1. The number of carbonyl (C=O) groups is 4. The van der Waals surface area contributed by atoms with Crippen molar-refractivity contribution in [2.45, 2.75) is 30.3 Å². The van der Waals surface area contributed by atoms with Gasteiger partial charge in [0.05, 0.1) is 25.8 Å². The molecular formula is C23H23N3O8S. The monoisotopic (exact) mass is 501 g/mol. The predicted octanol–water partition coefficient (Wildman–Crippen LogP) is 0.807. The van der Waals surface area contributed by atoms with Crippen molar-refractivity contribution in [3.05, 3.63) is 59.2 Å². The van der Waals surface area contributed by atoms with E-state index in [0.29, 0.717) is 16.9 Å². The molecule has 2 aromatic rings. The van der Waals surface area contributed by atoms with E-state index in [2.05, 4.69) is 14.8 Å². The Morgan fingerprint density at radius 2 is 2.00 bits per heavy atom. The summed E-state index contributed by atoms with van der Waals surface area (Å²) in [5, 5.41) is 2.22. The molecule has 35 heavy (non-hydrogen) atoms. The van der Waals surface area contributed by atoms with Crippen LogP contribution in [0.1, 0.15) is 39.1 Å². The van der Waals surface area contributed by atoms with Gasteiger partial charge in [0.15, 0.2) is 15.3 Å². The summed E-state index contributed by atoms with van der Waals surface area (Å²) < 4.78 is 38.6. The first-order valence-corrected chi connectivity index (χ1v) is 12.3. The zero-order chi connectivity index (χ0) is 25.2. The molecule has 0 aliphatic carbocycles. The van der Waals surface area contributed by atoms with Crippen LogP contribution in [0.4, 0.5) is 0 Å². The second kappa shape index (κ2) is 9.94. The summed E-state index contributed by atoms with van der Waals surface area (Å²) in [4.78, 5) is 49.4. The molecule has 0 bridgehead atoms. The Labute approximate surface area is 202 Å². The van der Waals surface area contributed by atoms with Crippen LogP contribution in [0.25, 0.3) is 0 Å². The highest BCUT2D eigenvalue weighted by Crippen LogP contribution is 2.33. The number of methoxy groups -OCH3 is 1. The number of rotatable bonds is 8. The molecule has 3 amide bonds. The van der Waals surface area contributed by atoms with Gasteiger partial charge in [0.1, 0.15) is 18.4 Å². The van der Waals surface area contributed by atoms with Gasteiger partial charge in [-0.15, -0.1) is 4.72 Å². The Hall–Kier alpha value is -3.61. The Balaban J connectivity index is 1.42. The van der Waals surface area contributed by atoms with Gasteiger partial charge < -0.3 is 18.9 Å². The minimum atomic E-state index is -4.00. The molecule has 184 valence electrons. The maximum atomic E-state index is 13.0. The maximum absolute atomic E-state index is 13.0. The summed E-state index contributed by atoms with van der Waals surface area (Å²) in [6.45, 7) is -0.145. The molecule has 0 radical (unpaired) electrons. The van der Waals surface area contributed by atoms with Crippen molar-refractivity contribution < 1.29 is 37.4 Å². The van der Waals surface area contributed by atoms with E-state index in [1.165, 1.54) is 36.3 Å². The van der Waals surface area contributed by atoms with Gasteiger partial charge in [-0.05, 0) is 36.8 Å². The highest BCUT2D eigenvalue weighted by atomic mass is 32.3. The summed E-state index contributed by atoms with van der Waals surface area (Å²) in [6, 6.07) is 9.82. The molecule has 2 N–H and O–H groups in total. The topological polar surface area (TPSA) is 154 Å². The van der Waals surface area contributed by atoms with Crippen LogP contribution in [-0.2, 0) is 35.5 Å². The number of fused-ring (bicyclic) bond motifs is 1. The first-order valence-electron chi connectivity index (χ1n) is 10.8.